The molecule has 0 saturated heterocycles. The molecule has 18 heavy (non-hydrogen) atoms. The highest BCUT2D eigenvalue weighted by Crippen LogP contribution is 2.13. The molecule has 0 bridgehead atoms. The van der Waals surface area contributed by atoms with Gasteiger partial charge in [0.2, 0.25) is 0 Å². The van der Waals surface area contributed by atoms with Crippen molar-refractivity contribution in [3.8, 4) is 0 Å². The number of imidazole rings is 1. The predicted octanol–water partition coefficient (Wildman–Crippen LogP) is 2.11. The smallest absolute Gasteiger partial charge is 0.123 e. The third-order valence-corrected chi connectivity index (χ3v) is 3.28. The number of halogens is 1. The normalized spacial score (nSPS) is 10.9. The quantitative estimate of drug-likeness (QED) is 0.899. The topological polar surface area (TPSA) is 43.8 Å². The lowest BCUT2D eigenvalue weighted by atomic mass is 10.1. The Morgan fingerprint density at radius 3 is 2.50 bits per heavy atom. The summed E-state index contributed by atoms with van der Waals surface area (Å²) >= 11 is 0. The number of nitrogens with two attached hydrogens (primary N) is 1. The number of rotatable bonds is 4. The minimum Gasteiger partial charge on any atom is -0.334 e. The van der Waals surface area contributed by atoms with E-state index in [0.29, 0.717) is 6.54 Å². The summed E-state index contributed by atoms with van der Waals surface area (Å²) in [5.74, 6) is 0.777. The first-order valence-electron chi connectivity index (χ1n) is 6.07. The average Bonchev–Trinajstić information content (AvgIpc) is 2.64. The maximum Gasteiger partial charge on any atom is 0.123 e. The fourth-order valence-electron chi connectivity index (χ4n) is 2.09. The van der Waals surface area contributed by atoms with E-state index in [1.807, 2.05) is 30.7 Å². The van der Waals surface area contributed by atoms with Gasteiger partial charge in [0.1, 0.15) is 11.6 Å². The molecular formula is C14H18FN3. The van der Waals surface area contributed by atoms with Crippen LogP contribution in [0.2, 0.25) is 0 Å². The molecular weight excluding hydrogens is 229 g/mol. The van der Waals surface area contributed by atoms with Crippen LogP contribution in [0.5, 0.6) is 0 Å². The lowest BCUT2D eigenvalue weighted by molar-refractivity contribution is 0.627. The van der Waals surface area contributed by atoms with Crippen molar-refractivity contribution in [3.63, 3.8) is 0 Å². The Labute approximate surface area is 106 Å². The van der Waals surface area contributed by atoms with E-state index < -0.39 is 0 Å². The fraction of sp³-hybridized carbons (Fsp3) is 0.357. The third-order valence-electron chi connectivity index (χ3n) is 3.28. The highest BCUT2D eigenvalue weighted by molar-refractivity contribution is 5.21. The second-order valence-corrected chi connectivity index (χ2v) is 4.44. The average molecular weight is 247 g/mol. The molecule has 2 N–H and O–H groups in total. The lowest BCUT2D eigenvalue weighted by Gasteiger charge is -2.04. The largest absolute Gasteiger partial charge is 0.334 e. The number of nitrogens with zero attached hydrogens (tertiary/aromatic N) is 2. The summed E-state index contributed by atoms with van der Waals surface area (Å²) in [5.41, 5.74) is 8.98. The number of benzene rings is 1. The summed E-state index contributed by atoms with van der Waals surface area (Å²) in [4.78, 5) is 4.52. The summed E-state index contributed by atoms with van der Waals surface area (Å²) < 4.78 is 14.8. The van der Waals surface area contributed by atoms with Gasteiger partial charge >= 0.3 is 0 Å². The minimum atomic E-state index is -0.199. The molecule has 1 aromatic heterocycles. The first kappa shape index (κ1) is 12.8. The molecule has 2 aromatic rings. The van der Waals surface area contributed by atoms with Gasteiger partial charge in [0.05, 0.1) is 11.4 Å². The zero-order valence-electron chi connectivity index (χ0n) is 10.8. The van der Waals surface area contributed by atoms with Crippen LogP contribution in [-0.4, -0.2) is 9.55 Å². The van der Waals surface area contributed by atoms with E-state index in [1.54, 1.807) is 0 Å². The van der Waals surface area contributed by atoms with Gasteiger partial charge in [0.15, 0.2) is 0 Å². The van der Waals surface area contributed by atoms with Crippen molar-refractivity contribution in [1.82, 2.24) is 9.55 Å². The molecule has 0 amide bonds. The summed E-state index contributed by atoms with van der Waals surface area (Å²) in [6.45, 7) is 2.47. The summed E-state index contributed by atoms with van der Waals surface area (Å²) in [6, 6.07) is 6.60. The van der Waals surface area contributed by atoms with Crippen LogP contribution in [-0.2, 0) is 26.4 Å². The van der Waals surface area contributed by atoms with Crippen LogP contribution in [0.25, 0.3) is 0 Å². The summed E-state index contributed by atoms with van der Waals surface area (Å²) in [6.07, 6.45) is 1.68. The fourth-order valence-corrected chi connectivity index (χ4v) is 2.09. The van der Waals surface area contributed by atoms with Gasteiger partial charge in [0.25, 0.3) is 0 Å². The molecule has 0 spiro atoms. The van der Waals surface area contributed by atoms with Gasteiger partial charge in [-0.25, -0.2) is 9.37 Å². The Morgan fingerprint density at radius 1 is 1.22 bits per heavy atom. The van der Waals surface area contributed by atoms with Gasteiger partial charge in [-0.05, 0) is 37.5 Å². The van der Waals surface area contributed by atoms with Crippen molar-refractivity contribution < 1.29 is 4.39 Å². The van der Waals surface area contributed by atoms with Crippen molar-refractivity contribution in [2.24, 2.45) is 12.8 Å². The molecule has 1 heterocycles. The van der Waals surface area contributed by atoms with Crippen LogP contribution in [0.4, 0.5) is 4.39 Å². The molecule has 1 aromatic carbocycles. The standard InChI is InChI=1S/C14H18FN3/c1-10-17-13(14(9-16)18(10)2)8-5-11-3-6-12(15)7-4-11/h3-4,6-7H,5,8-9,16H2,1-2H3. The van der Waals surface area contributed by atoms with Gasteiger partial charge in [-0.2, -0.15) is 0 Å². The second-order valence-electron chi connectivity index (χ2n) is 4.44. The monoisotopic (exact) mass is 247 g/mol. The minimum absolute atomic E-state index is 0.199. The van der Waals surface area contributed by atoms with Gasteiger partial charge in [-0.3, -0.25) is 0 Å². The van der Waals surface area contributed by atoms with Crippen molar-refractivity contribution in [1.29, 1.82) is 0 Å². The molecule has 3 nitrogen and oxygen atoms in total. The molecule has 4 heteroatoms. The molecule has 0 aliphatic rings. The van der Waals surface area contributed by atoms with Crippen molar-refractivity contribution in [2.45, 2.75) is 26.3 Å². The molecule has 0 aliphatic carbocycles. The molecule has 0 radical (unpaired) electrons. The molecule has 0 atom stereocenters. The SMILES string of the molecule is Cc1nc(CCc2ccc(F)cc2)c(CN)n1C. The van der Waals surface area contributed by atoms with E-state index in [2.05, 4.69) is 4.98 Å². The zero-order valence-corrected chi connectivity index (χ0v) is 10.8. The maximum atomic E-state index is 12.8. The van der Waals surface area contributed by atoms with Crippen molar-refractivity contribution in [3.05, 3.63) is 52.9 Å². The molecule has 0 aliphatic heterocycles. The molecule has 0 saturated carbocycles. The number of aromatic nitrogens is 2. The Balaban J connectivity index is 2.10. The molecule has 0 unspecified atom stereocenters. The van der Waals surface area contributed by atoms with Crippen LogP contribution in [0.1, 0.15) is 22.8 Å². The second kappa shape index (κ2) is 5.31. The van der Waals surface area contributed by atoms with Crippen LogP contribution in [0.15, 0.2) is 24.3 Å². The lowest BCUT2D eigenvalue weighted by Crippen LogP contribution is -2.07. The molecule has 2 rings (SSSR count). The molecule has 0 fully saturated rings. The van der Waals surface area contributed by atoms with E-state index in [-0.39, 0.29) is 5.82 Å². The Kier molecular flexibility index (Phi) is 3.77. The van der Waals surface area contributed by atoms with Crippen LogP contribution < -0.4 is 5.73 Å². The zero-order chi connectivity index (χ0) is 13.1. The van der Waals surface area contributed by atoms with Crippen LogP contribution >= 0.6 is 0 Å². The number of hydrogen-bond donors (Lipinski definition) is 1. The Morgan fingerprint density at radius 2 is 1.89 bits per heavy atom. The number of aryl methyl sites for hydroxylation is 3. The highest BCUT2D eigenvalue weighted by Gasteiger charge is 2.10. The van der Waals surface area contributed by atoms with E-state index >= 15 is 0 Å². The van der Waals surface area contributed by atoms with Gasteiger partial charge in [-0.1, -0.05) is 12.1 Å². The van der Waals surface area contributed by atoms with Gasteiger partial charge in [0, 0.05) is 13.6 Å². The maximum absolute atomic E-state index is 12.8. The first-order valence-corrected chi connectivity index (χ1v) is 6.07. The van der Waals surface area contributed by atoms with E-state index in [1.165, 1.54) is 12.1 Å². The van der Waals surface area contributed by atoms with Crippen LogP contribution in [0, 0.1) is 12.7 Å². The van der Waals surface area contributed by atoms with Crippen molar-refractivity contribution in [2.75, 3.05) is 0 Å². The Bertz CT molecular complexity index is 529. The first-order chi connectivity index (χ1) is 8.61. The van der Waals surface area contributed by atoms with E-state index in [0.717, 1.165) is 35.6 Å². The highest BCUT2D eigenvalue weighted by atomic mass is 19.1. The van der Waals surface area contributed by atoms with Gasteiger partial charge in [-0.15, -0.1) is 0 Å². The number of hydrogen-bond acceptors (Lipinski definition) is 2. The van der Waals surface area contributed by atoms with Gasteiger partial charge < -0.3 is 10.3 Å². The van der Waals surface area contributed by atoms with E-state index in [9.17, 15) is 4.39 Å². The van der Waals surface area contributed by atoms with Crippen molar-refractivity contribution >= 4 is 0 Å². The molecule has 96 valence electrons. The Hall–Kier alpha value is -1.68. The van der Waals surface area contributed by atoms with Crippen LogP contribution in [0.3, 0.4) is 0 Å². The summed E-state index contributed by atoms with van der Waals surface area (Å²) in [5, 5.41) is 0. The summed E-state index contributed by atoms with van der Waals surface area (Å²) in [7, 11) is 1.98. The van der Waals surface area contributed by atoms with E-state index in [4.69, 9.17) is 5.73 Å². The third kappa shape index (κ3) is 2.59. The predicted molar refractivity (Wildman–Crippen MR) is 69.6 cm³/mol.